The summed E-state index contributed by atoms with van der Waals surface area (Å²) in [5.41, 5.74) is 6.54. The molecule has 3 amide bonds. The van der Waals surface area contributed by atoms with E-state index in [-0.39, 0.29) is 47.9 Å². The minimum absolute atomic E-state index is 0. The molecule has 0 aliphatic carbocycles. The number of nitrogens with one attached hydrogen (secondary N) is 1. The number of nitrogens with two attached hydrogens (primary N) is 1. The fourth-order valence-corrected chi connectivity index (χ4v) is 5.97. The predicted molar refractivity (Wildman–Crippen MR) is 160 cm³/mol. The summed E-state index contributed by atoms with van der Waals surface area (Å²) in [6.45, 7) is 7.45. The highest BCUT2D eigenvalue weighted by atomic mass is 35.5. The largest absolute Gasteiger partial charge is 0.493 e. The molecule has 4 heterocycles. The number of alkyl carbamates (subject to hydrolysis) is 1. The summed E-state index contributed by atoms with van der Waals surface area (Å²) in [5.74, 6) is 0.393. The Kier molecular flexibility index (Phi) is 10.2. The first-order chi connectivity index (χ1) is 20.4. The molecule has 0 aromatic heterocycles. The van der Waals surface area contributed by atoms with Crippen molar-refractivity contribution in [3.05, 3.63) is 59.2 Å². The molecule has 2 saturated heterocycles. The average molecular weight is 637 g/mol. The summed E-state index contributed by atoms with van der Waals surface area (Å²) in [6.07, 6.45) is 1.85. The van der Waals surface area contributed by atoms with Gasteiger partial charge in [-0.05, 0) is 70.0 Å². The molecule has 0 bridgehead atoms. The molecule has 44 heavy (non-hydrogen) atoms. The molecule has 4 aliphatic heterocycles. The molecular weight excluding hydrogens is 598 g/mol. The van der Waals surface area contributed by atoms with Gasteiger partial charge in [0.2, 0.25) is 11.8 Å². The molecule has 6 rings (SSSR count). The number of likely N-dealkylation sites (tertiary alicyclic amines) is 2. The second kappa shape index (κ2) is 13.6. The number of amides is 3. The third kappa shape index (κ3) is 7.35. The van der Waals surface area contributed by atoms with Crippen LogP contribution in [0.5, 0.6) is 11.5 Å². The van der Waals surface area contributed by atoms with Gasteiger partial charge in [0.25, 0.3) is 0 Å². The molecule has 2 aromatic rings. The Morgan fingerprint density at radius 1 is 0.864 bits per heavy atom. The van der Waals surface area contributed by atoms with Gasteiger partial charge in [-0.15, -0.1) is 12.4 Å². The molecule has 3 N–H and O–H groups in total. The van der Waals surface area contributed by atoms with Gasteiger partial charge < -0.3 is 35.1 Å². The lowest BCUT2D eigenvalue weighted by molar-refractivity contribution is -0.132. The fourth-order valence-electron chi connectivity index (χ4n) is 5.97. The van der Waals surface area contributed by atoms with E-state index in [1.54, 1.807) is 42.7 Å². The van der Waals surface area contributed by atoms with Crippen LogP contribution in [-0.4, -0.2) is 71.7 Å². The second-order valence-electron chi connectivity index (χ2n) is 12.1. The molecule has 0 radical (unpaired) electrons. The smallest absolute Gasteiger partial charge is 0.408 e. The molecule has 0 unspecified atom stereocenters. The first-order valence-electron chi connectivity index (χ1n) is 14.6. The Hall–Kier alpha value is -3.64. The summed E-state index contributed by atoms with van der Waals surface area (Å²) < 4.78 is 43.2. The number of nitrogens with zero attached hydrogens (tertiary/aromatic N) is 2. The SMILES string of the molecule is CC(C)(C)OC(=O)N[C@H]1CCN([C@@H]2CCOc3ccc(F)cc32)C1=O.Cl.N[C@H]1CCN([C@@H]2CCOc3ccc(F)cc32)C1=O. The van der Waals surface area contributed by atoms with E-state index in [2.05, 4.69) is 5.32 Å². The van der Waals surface area contributed by atoms with E-state index < -0.39 is 23.8 Å². The van der Waals surface area contributed by atoms with Gasteiger partial charge in [0.15, 0.2) is 0 Å². The van der Waals surface area contributed by atoms with Crippen molar-refractivity contribution < 1.29 is 37.4 Å². The highest BCUT2D eigenvalue weighted by Crippen LogP contribution is 2.39. The third-order valence-corrected chi connectivity index (χ3v) is 7.92. The van der Waals surface area contributed by atoms with E-state index in [4.69, 9.17) is 19.9 Å². The number of rotatable bonds is 3. The number of halogens is 3. The maximum atomic E-state index is 13.6. The van der Waals surface area contributed by atoms with E-state index in [0.29, 0.717) is 69.0 Å². The zero-order chi connectivity index (χ0) is 30.9. The van der Waals surface area contributed by atoms with Crippen LogP contribution >= 0.6 is 12.4 Å². The quantitative estimate of drug-likeness (QED) is 0.512. The van der Waals surface area contributed by atoms with Crippen LogP contribution in [0.25, 0.3) is 0 Å². The van der Waals surface area contributed by atoms with Crippen molar-refractivity contribution in [2.75, 3.05) is 26.3 Å². The topological polar surface area (TPSA) is 123 Å². The summed E-state index contributed by atoms with van der Waals surface area (Å²) in [4.78, 5) is 40.1. The summed E-state index contributed by atoms with van der Waals surface area (Å²) >= 11 is 0. The van der Waals surface area contributed by atoms with Gasteiger partial charge >= 0.3 is 6.09 Å². The fraction of sp³-hybridized carbons (Fsp3) is 0.516. The normalized spacial score (nSPS) is 24.1. The molecule has 0 saturated carbocycles. The molecule has 2 fully saturated rings. The van der Waals surface area contributed by atoms with Crippen LogP contribution in [0, 0.1) is 11.6 Å². The number of hydrogen-bond donors (Lipinski definition) is 2. The van der Waals surface area contributed by atoms with Gasteiger partial charge in [-0.25, -0.2) is 13.6 Å². The Morgan fingerprint density at radius 2 is 1.36 bits per heavy atom. The maximum absolute atomic E-state index is 13.6. The Morgan fingerprint density at radius 3 is 1.84 bits per heavy atom. The van der Waals surface area contributed by atoms with E-state index in [1.807, 2.05) is 0 Å². The van der Waals surface area contributed by atoms with Crippen molar-refractivity contribution >= 4 is 30.3 Å². The molecule has 13 heteroatoms. The number of ether oxygens (including phenoxy) is 3. The van der Waals surface area contributed by atoms with E-state index in [0.717, 1.165) is 5.56 Å². The molecule has 4 aliphatic rings. The first kappa shape index (κ1) is 33.3. The molecule has 240 valence electrons. The van der Waals surface area contributed by atoms with E-state index in [9.17, 15) is 23.2 Å². The van der Waals surface area contributed by atoms with Gasteiger partial charge in [0.1, 0.15) is 34.8 Å². The minimum Gasteiger partial charge on any atom is -0.493 e. The van der Waals surface area contributed by atoms with Crippen molar-refractivity contribution in [2.45, 2.75) is 76.2 Å². The monoisotopic (exact) mass is 636 g/mol. The Bertz CT molecular complexity index is 1390. The lowest BCUT2D eigenvalue weighted by atomic mass is 9.99. The Balaban J connectivity index is 0.000000206. The van der Waals surface area contributed by atoms with Crippen LogP contribution in [0.4, 0.5) is 13.6 Å². The minimum atomic E-state index is -0.622. The van der Waals surface area contributed by atoms with Gasteiger partial charge in [0.05, 0.1) is 31.3 Å². The van der Waals surface area contributed by atoms with Crippen molar-refractivity contribution in [1.29, 1.82) is 0 Å². The van der Waals surface area contributed by atoms with Crippen molar-refractivity contribution in [3.8, 4) is 11.5 Å². The van der Waals surface area contributed by atoms with Gasteiger partial charge in [0, 0.05) is 37.1 Å². The van der Waals surface area contributed by atoms with E-state index in [1.165, 1.54) is 24.3 Å². The number of benzene rings is 2. The zero-order valence-corrected chi connectivity index (χ0v) is 25.8. The standard InChI is InChI=1S/C18H23FN2O4.C13H15FN2O2.ClH/c1-18(2,3)25-17(23)20-13-6-8-21(16(13)22)14-7-9-24-15-5-4-11(19)10-12(14)15;14-8-1-2-12-9(7-8)11(4-6-18-12)16-5-3-10(15)13(16)17;/h4-5,10,13-14H,6-9H2,1-3H3,(H,20,23);1-2,7,10-11H,3-6,15H2;1H/t13-,14+;10-,11+;/m00./s1. The lowest BCUT2D eigenvalue weighted by Gasteiger charge is -2.33. The average Bonchev–Trinajstić information content (AvgIpc) is 3.47. The highest BCUT2D eigenvalue weighted by molar-refractivity contribution is 5.88. The van der Waals surface area contributed by atoms with Crippen LogP contribution in [0.3, 0.4) is 0 Å². The van der Waals surface area contributed by atoms with Crippen LogP contribution in [0.15, 0.2) is 36.4 Å². The van der Waals surface area contributed by atoms with Crippen molar-refractivity contribution in [1.82, 2.24) is 15.1 Å². The molecule has 0 spiro atoms. The van der Waals surface area contributed by atoms with Gasteiger partial charge in [-0.1, -0.05) is 0 Å². The zero-order valence-electron chi connectivity index (χ0n) is 25.0. The van der Waals surface area contributed by atoms with Crippen molar-refractivity contribution in [3.63, 3.8) is 0 Å². The van der Waals surface area contributed by atoms with Crippen LogP contribution in [-0.2, 0) is 14.3 Å². The van der Waals surface area contributed by atoms with Crippen molar-refractivity contribution in [2.24, 2.45) is 5.73 Å². The van der Waals surface area contributed by atoms with Crippen LogP contribution in [0.2, 0.25) is 0 Å². The number of carbonyl (C=O) groups excluding carboxylic acids is 3. The first-order valence-corrected chi connectivity index (χ1v) is 14.6. The molecule has 2 aromatic carbocycles. The van der Waals surface area contributed by atoms with Crippen LogP contribution in [0.1, 0.15) is 69.7 Å². The second-order valence-corrected chi connectivity index (χ2v) is 12.1. The van der Waals surface area contributed by atoms with Gasteiger partial charge in [-0.3, -0.25) is 9.59 Å². The lowest BCUT2D eigenvalue weighted by Crippen LogP contribution is -2.44. The molecule has 4 atom stereocenters. The summed E-state index contributed by atoms with van der Waals surface area (Å²) in [7, 11) is 0. The maximum Gasteiger partial charge on any atom is 0.408 e. The van der Waals surface area contributed by atoms with E-state index >= 15 is 0 Å². The number of carbonyl (C=O) groups is 3. The molecular formula is C31H39ClF2N4O6. The molecule has 10 nitrogen and oxygen atoms in total. The van der Waals surface area contributed by atoms with Crippen LogP contribution < -0.4 is 20.5 Å². The number of hydrogen-bond acceptors (Lipinski definition) is 7. The summed E-state index contributed by atoms with van der Waals surface area (Å²) in [6, 6.07) is 7.43. The summed E-state index contributed by atoms with van der Waals surface area (Å²) in [5, 5.41) is 2.63. The van der Waals surface area contributed by atoms with Gasteiger partial charge in [-0.2, -0.15) is 0 Å². The highest BCUT2D eigenvalue weighted by Gasteiger charge is 2.40. The Labute approximate surface area is 261 Å². The number of fused-ring (bicyclic) bond motifs is 2. The predicted octanol–water partition coefficient (Wildman–Crippen LogP) is 4.41. The third-order valence-electron chi connectivity index (χ3n) is 7.92.